The molecule has 0 unspecified atom stereocenters. The highest BCUT2D eigenvalue weighted by Crippen LogP contribution is 2.26. The molecule has 0 bridgehead atoms. The highest BCUT2D eigenvalue weighted by Gasteiger charge is 2.18. The first-order valence-corrected chi connectivity index (χ1v) is 9.85. The molecule has 0 aliphatic rings. The van der Waals surface area contributed by atoms with Gasteiger partial charge in [-0.25, -0.2) is 0 Å². The normalized spacial score (nSPS) is 11.2. The number of carbonyl (C=O) groups excluding carboxylic acids is 1. The van der Waals surface area contributed by atoms with Gasteiger partial charge in [0.15, 0.2) is 0 Å². The molecule has 0 saturated heterocycles. The van der Waals surface area contributed by atoms with E-state index in [0.717, 1.165) is 16.5 Å². The van der Waals surface area contributed by atoms with Crippen LogP contribution in [0.5, 0.6) is 0 Å². The van der Waals surface area contributed by atoms with Crippen molar-refractivity contribution in [1.29, 1.82) is 5.26 Å². The number of nitro groups is 1. The van der Waals surface area contributed by atoms with Crippen LogP contribution in [0.25, 0.3) is 17.0 Å². The van der Waals surface area contributed by atoms with Crippen LogP contribution in [-0.2, 0) is 11.3 Å². The van der Waals surface area contributed by atoms with Crippen molar-refractivity contribution in [3.05, 3.63) is 112 Å². The van der Waals surface area contributed by atoms with Crippen LogP contribution in [-0.4, -0.2) is 15.4 Å². The molecule has 1 amide bonds. The van der Waals surface area contributed by atoms with Gasteiger partial charge in [-0.3, -0.25) is 14.9 Å². The lowest BCUT2D eigenvalue weighted by molar-refractivity contribution is -0.383. The maximum Gasteiger partial charge on any atom is 0.292 e. The number of aromatic nitrogens is 1. The quantitative estimate of drug-likeness (QED) is 0.201. The fraction of sp³-hybridized carbons (Fsp3) is 0.0400. The van der Waals surface area contributed by atoms with Crippen molar-refractivity contribution in [1.82, 2.24) is 4.57 Å². The molecule has 0 radical (unpaired) electrons. The van der Waals surface area contributed by atoms with E-state index in [1.54, 1.807) is 6.07 Å². The van der Waals surface area contributed by atoms with Gasteiger partial charge in [0.05, 0.1) is 4.92 Å². The summed E-state index contributed by atoms with van der Waals surface area (Å²) >= 11 is 0. The van der Waals surface area contributed by atoms with Crippen LogP contribution in [0.3, 0.4) is 0 Å². The number of hydrogen-bond acceptors (Lipinski definition) is 4. The molecule has 0 spiro atoms. The van der Waals surface area contributed by atoms with Gasteiger partial charge in [-0.15, -0.1) is 0 Å². The number of benzene rings is 3. The van der Waals surface area contributed by atoms with E-state index in [-0.39, 0.29) is 16.9 Å². The summed E-state index contributed by atoms with van der Waals surface area (Å²) < 4.78 is 2.06. The van der Waals surface area contributed by atoms with Crippen molar-refractivity contribution in [3.8, 4) is 6.07 Å². The summed E-state index contributed by atoms with van der Waals surface area (Å²) in [7, 11) is 0. The maximum absolute atomic E-state index is 12.7. The molecule has 156 valence electrons. The third kappa shape index (κ3) is 4.25. The second-order valence-electron chi connectivity index (χ2n) is 7.11. The first-order chi connectivity index (χ1) is 15.6. The van der Waals surface area contributed by atoms with Crippen LogP contribution in [0.1, 0.15) is 11.1 Å². The van der Waals surface area contributed by atoms with Crippen LogP contribution in [0.4, 0.5) is 11.4 Å². The summed E-state index contributed by atoms with van der Waals surface area (Å²) in [6.07, 6.45) is 3.40. The summed E-state index contributed by atoms with van der Waals surface area (Å²) in [5.74, 6) is -0.707. The minimum absolute atomic E-state index is 0.0372. The van der Waals surface area contributed by atoms with Gasteiger partial charge in [0.2, 0.25) is 0 Å². The zero-order valence-corrected chi connectivity index (χ0v) is 16.9. The molecule has 1 heterocycles. The van der Waals surface area contributed by atoms with E-state index in [4.69, 9.17) is 0 Å². The number of hydrogen-bond donors (Lipinski definition) is 1. The number of amides is 1. The number of nitrogens with one attached hydrogen (secondary N) is 1. The first kappa shape index (κ1) is 20.6. The molecule has 3 aromatic carbocycles. The van der Waals surface area contributed by atoms with Gasteiger partial charge in [0.1, 0.15) is 17.3 Å². The number of rotatable bonds is 6. The van der Waals surface area contributed by atoms with Crippen LogP contribution in [0.2, 0.25) is 0 Å². The van der Waals surface area contributed by atoms with Gasteiger partial charge in [0, 0.05) is 35.3 Å². The minimum Gasteiger partial charge on any atom is -0.342 e. The lowest BCUT2D eigenvalue weighted by Crippen LogP contribution is -2.14. The number of fused-ring (bicyclic) bond motifs is 1. The summed E-state index contributed by atoms with van der Waals surface area (Å²) in [5.41, 5.74) is 2.46. The van der Waals surface area contributed by atoms with Crippen LogP contribution < -0.4 is 5.32 Å². The molecule has 7 nitrogen and oxygen atoms in total. The Bertz CT molecular complexity index is 1380. The topological polar surface area (TPSA) is 101 Å². The van der Waals surface area contributed by atoms with Crippen LogP contribution in [0, 0.1) is 21.4 Å². The van der Waals surface area contributed by atoms with Gasteiger partial charge in [-0.2, -0.15) is 5.26 Å². The second kappa shape index (κ2) is 8.98. The first-order valence-electron chi connectivity index (χ1n) is 9.85. The van der Waals surface area contributed by atoms with Crippen molar-refractivity contribution >= 4 is 34.3 Å². The number of nitriles is 1. The van der Waals surface area contributed by atoms with E-state index in [1.807, 2.05) is 66.9 Å². The molecule has 0 fully saturated rings. The molecule has 4 rings (SSSR count). The predicted molar refractivity (Wildman–Crippen MR) is 123 cm³/mol. The Kier molecular flexibility index (Phi) is 5.77. The zero-order valence-electron chi connectivity index (χ0n) is 16.9. The summed E-state index contributed by atoms with van der Waals surface area (Å²) in [6, 6.07) is 25.4. The molecule has 1 aromatic heterocycles. The van der Waals surface area contributed by atoms with Gasteiger partial charge in [0.25, 0.3) is 11.6 Å². The molecule has 4 aromatic rings. The average molecular weight is 422 g/mol. The van der Waals surface area contributed by atoms with Gasteiger partial charge >= 0.3 is 0 Å². The summed E-state index contributed by atoms with van der Waals surface area (Å²) in [5, 5.41) is 24.2. The zero-order chi connectivity index (χ0) is 22.5. The van der Waals surface area contributed by atoms with E-state index in [2.05, 4.69) is 9.88 Å². The summed E-state index contributed by atoms with van der Waals surface area (Å²) in [4.78, 5) is 23.3. The fourth-order valence-electron chi connectivity index (χ4n) is 3.53. The Hall–Kier alpha value is -4.70. The smallest absolute Gasteiger partial charge is 0.292 e. The number of nitrogens with zero attached hydrogens (tertiary/aromatic N) is 3. The highest BCUT2D eigenvalue weighted by molar-refractivity contribution is 6.11. The summed E-state index contributed by atoms with van der Waals surface area (Å²) in [6.45, 7) is 0.638. The average Bonchev–Trinajstić information content (AvgIpc) is 3.15. The molecule has 0 saturated carbocycles. The molecule has 7 heteroatoms. The van der Waals surface area contributed by atoms with Crippen molar-refractivity contribution in [2.45, 2.75) is 6.54 Å². The second-order valence-corrected chi connectivity index (χ2v) is 7.11. The minimum atomic E-state index is -0.707. The number of para-hydroxylation sites is 3. The molecular weight excluding hydrogens is 404 g/mol. The third-order valence-electron chi connectivity index (χ3n) is 5.03. The maximum atomic E-state index is 12.7. The van der Waals surface area contributed by atoms with Crippen molar-refractivity contribution in [3.63, 3.8) is 0 Å². The number of carbonyl (C=O) groups is 1. The van der Waals surface area contributed by atoms with Gasteiger partial charge in [-0.05, 0) is 23.8 Å². The lowest BCUT2D eigenvalue weighted by Gasteiger charge is -2.05. The van der Waals surface area contributed by atoms with Crippen LogP contribution in [0.15, 0.2) is 90.6 Å². The Morgan fingerprint density at radius 2 is 1.72 bits per heavy atom. The predicted octanol–water partition coefficient (Wildman–Crippen LogP) is 5.14. The monoisotopic (exact) mass is 422 g/mol. The highest BCUT2D eigenvalue weighted by atomic mass is 16.6. The Morgan fingerprint density at radius 1 is 1.03 bits per heavy atom. The molecule has 0 aliphatic heterocycles. The van der Waals surface area contributed by atoms with Crippen LogP contribution >= 0.6 is 0 Å². The molecule has 0 atom stereocenters. The van der Waals surface area contributed by atoms with E-state index < -0.39 is 10.8 Å². The van der Waals surface area contributed by atoms with Crippen molar-refractivity contribution < 1.29 is 9.72 Å². The number of anilines is 1. The third-order valence-corrected chi connectivity index (χ3v) is 5.03. The molecular formula is C25H18N4O3. The number of nitro benzene ring substituents is 1. The SMILES string of the molecule is N#CC(=Cc1cn(Cc2ccccc2)c2ccccc12)C(=O)Nc1ccccc1[N+](=O)[O-]. The van der Waals surface area contributed by atoms with Crippen molar-refractivity contribution in [2.24, 2.45) is 0 Å². The van der Waals surface area contributed by atoms with E-state index >= 15 is 0 Å². The Balaban J connectivity index is 1.69. The fourth-order valence-corrected chi connectivity index (χ4v) is 3.53. The molecule has 32 heavy (non-hydrogen) atoms. The lowest BCUT2D eigenvalue weighted by atomic mass is 10.1. The van der Waals surface area contributed by atoms with Gasteiger partial charge in [-0.1, -0.05) is 60.7 Å². The van der Waals surface area contributed by atoms with E-state index in [1.165, 1.54) is 24.3 Å². The van der Waals surface area contributed by atoms with Gasteiger partial charge < -0.3 is 9.88 Å². The van der Waals surface area contributed by atoms with E-state index in [0.29, 0.717) is 12.1 Å². The van der Waals surface area contributed by atoms with E-state index in [9.17, 15) is 20.2 Å². The Labute approximate surface area is 184 Å². The molecule has 1 N–H and O–H groups in total. The van der Waals surface area contributed by atoms with Crippen molar-refractivity contribution in [2.75, 3.05) is 5.32 Å². The largest absolute Gasteiger partial charge is 0.342 e. The standard InChI is InChI=1S/C25H18N4O3/c26-15-19(25(30)27-22-11-5-7-13-24(22)29(31)32)14-20-17-28(16-18-8-2-1-3-9-18)23-12-6-4-10-21(20)23/h1-14,17H,16H2,(H,27,30). The Morgan fingerprint density at radius 3 is 2.47 bits per heavy atom. The molecule has 0 aliphatic carbocycles.